The first-order chi connectivity index (χ1) is 49.9. The van der Waals surface area contributed by atoms with Crippen LogP contribution in [0, 0.1) is 50.2 Å². The Hall–Kier alpha value is -8.36. The van der Waals surface area contributed by atoms with Gasteiger partial charge in [-0.25, -0.2) is 19.2 Å². The summed E-state index contributed by atoms with van der Waals surface area (Å²) < 4.78 is 66.6. The van der Waals surface area contributed by atoms with E-state index in [9.17, 15) is 33.9 Å². The molecule has 13 rings (SSSR count). The normalized spacial score (nSPS) is 33.1. The lowest BCUT2D eigenvalue weighted by Gasteiger charge is -2.71. The number of carbonyl (C=O) groups excluding carboxylic acids is 6. The lowest BCUT2D eigenvalue weighted by molar-refractivity contribution is -0.352. The number of esters is 5. The summed E-state index contributed by atoms with van der Waals surface area (Å²) in [5, 5.41) is 16.1. The number of aliphatic hydroxyl groups excluding tert-OH is 1. The SMILES string of the molecule is CC(=O)N[C@H]1[C@H](O[C@H]2CC[C@]3(C)[C@H]4CC=C5[C@H]6CC(C)(C)CC[C@]6(C(=O)OCc6ccccc6)CC[C@@]5(C)[C@]4(C)CC[C@H]3C2(C)C)O[C@H](COCc2ccccc2)[C@@H](O)[C@@H]1O[C@@H]1O[C@H](COC(=O)c2ccccc2)[C@@H](OC(=O)c2ccccc2)[C@H](OC(=O)c2ccccc2)[C@H]1OC(=O)c1ccccc1. The third-order valence-corrected chi connectivity index (χ3v) is 25.0. The number of hydrogen-bond acceptors (Lipinski definition) is 17. The first-order valence-electron chi connectivity index (χ1n) is 37.0. The molecule has 2 N–H and O–H groups in total. The minimum absolute atomic E-state index is 0.0529. The van der Waals surface area contributed by atoms with Gasteiger partial charge in [-0.3, -0.25) is 9.59 Å². The molecule has 0 unspecified atom stereocenters. The maximum atomic E-state index is 14.8. The summed E-state index contributed by atoms with van der Waals surface area (Å²) in [5.41, 5.74) is 2.23. The molecule has 0 spiro atoms. The Bertz CT molecular complexity index is 4030. The van der Waals surface area contributed by atoms with Crippen LogP contribution >= 0.6 is 0 Å². The summed E-state index contributed by atoms with van der Waals surface area (Å²) in [6.07, 6.45) is -4.03. The van der Waals surface area contributed by atoms with E-state index in [1.54, 1.807) is 84.9 Å². The largest absolute Gasteiger partial charge is 0.460 e. The molecule has 6 aromatic rings. The number of ether oxygens (including phenoxy) is 10. The van der Waals surface area contributed by atoms with Crippen LogP contribution in [0.5, 0.6) is 0 Å². The van der Waals surface area contributed by atoms with E-state index in [1.807, 2.05) is 60.7 Å². The quantitative estimate of drug-likeness (QED) is 0.0295. The van der Waals surface area contributed by atoms with Crippen molar-refractivity contribution in [1.82, 2.24) is 5.32 Å². The van der Waals surface area contributed by atoms with E-state index >= 15 is 0 Å². The third kappa shape index (κ3) is 14.8. The van der Waals surface area contributed by atoms with Crippen LogP contribution in [0.15, 0.2) is 194 Å². The van der Waals surface area contributed by atoms with Crippen molar-refractivity contribution >= 4 is 35.8 Å². The van der Waals surface area contributed by atoms with Crippen LogP contribution in [0.3, 0.4) is 0 Å². The maximum Gasteiger partial charge on any atom is 0.338 e. The van der Waals surface area contributed by atoms with Gasteiger partial charge in [0.1, 0.15) is 43.7 Å². The number of aliphatic hydroxyl groups is 1. The Morgan fingerprint density at radius 3 is 1.58 bits per heavy atom. The molecule has 7 aliphatic rings. The summed E-state index contributed by atoms with van der Waals surface area (Å²) in [4.78, 5) is 86.8. The molecule has 18 heteroatoms. The van der Waals surface area contributed by atoms with Gasteiger partial charge in [0.15, 0.2) is 30.9 Å². The van der Waals surface area contributed by atoms with Crippen molar-refractivity contribution in [1.29, 1.82) is 0 Å². The minimum atomic E-state index is -1.89. The fourth-order valence-electron chi connectivity index (χ4n) is 19.2. The molecule has 0 radical (unpaired) electrons. The Morgan fingerprint density at radius 2 is 1.01 bits per heavy atom. The van der Waals surface area contributed by atoms with Crippen LogP contribution in [-0.2, 0) is 70.2 Å². The summed E-state index contributed by atoms with van der Waals surface area (Å²) >= 11 is 0. The highest BCUT2D eigenvalue weighted by atomic mass is 16.8. The zero-order chi connectivity index (χ0) is 73.2. The van der Waals surface area contributed by atoms with E-state index in [0.29, 0.717) is 6.42 Å². The Morgan fingerprint density at radius 1 is 0.500 bits per heavy atom. The van der Waals surface area contributed by atoms with Gasteiger partial charge in [-0.05, 0) is 169 Å². The van der Waals surface area contributed by atoms with Crippen molar-refractivity contribution in [2.24, 2.45) is 50.2 Å². The van der Waals surface area contributed by atoms with E-state index in [1.165, 1.54) is 48.9 Å². The standard InChI is InChI=1S/C86H99NO17/c1-54(88)87-68-71(104-79-73(103-77(93)60-37-25-14-26-38-60)72(102-76(92)59-35-23-13-24-36-59)70(101-75(91)58-33-21-12-22-34-58)64(99-79)53-96-74(90)57-31-19-11-20-32-57)69(89)63(52-95-50-55-27-15-9-16-28-55)98-78(68)100-67-42-43-83(6)65(82(67,4)5)41-44-85(8)66(83)40-39-61-62-49-81(2,3)45-47-86(62,48-46-84(61,85)7)80(94)97-51-56-29-17-10-18-30-56/h9-39,62-73,78-79,89H,40-53H2,1-8H3,(H,87,88)/t62-,63-,64-,65+,66-,67+,68-,69-,70-,71-,72+,73-,78+,79+,83+,84-,85-,86+/m1/s1. The zero-order valence-electron chi connectivity index (χ0n) is 60.9. The fraction of sp³-hybridized carbons (Fsp3) is 0.488. The highest BCUT2D eigenvalue weighted by Crippen LogP contribution is 2.76. The first kappa shape index (κ1) is 73.9. The van der Waals surface area contributed by atoms with Crippen molar-refractivity contribution in [3.05, 3.63) is 227 Å². The summed E-state index contributed by atoms with van der Waals surface area (Å²) in [6, 6.07) is 50.5. The van der Waals surface area contributed by atoms with Gasteiger partial charge in [0.05, 0.1) is 47.0 Å². The molecule has 18 atom stereocenters. The predicted octanol–water partition coefficient (Wildman–Crippen LogP) is 14.4. The van der Waals surface area contributed by atoms with E-state index in [4.69, 9.17) is 47.4 Å². The van der Waals surface area contributed by atoms with Crippen LogP contribution in [0.25, 0.3) is 0 Å². The first-order valence-corrected chi connectivity index (χ1v) is 37.0. The van der Waals surface area contributed by atoms with Crippen molar-refractivity contribution in [2.75, 3.05) is 13.2 Å². The van der Waals surface area contributed by atoms with Crippen LogP contribution < -0.4 is 5.32 Å². The molecule has 550 valence electrons. The molecule has 104 heavy (non-hydrogen) atoms. The van der Waals surface area contributed by atoms with E-state index in [2.05, 4.69) is 59.9 Å². The molecule has 6 fully saturated rings. The number of allylic oxidation sites excluding steroid dienone is 2. The van der Waals surface area contributed by atoms with Gasteiger partial charge in [-0.15, -0.1) is 0 Å². The molecule has 0 bridgehead atoms. The number of benzene rings is 6. The average molecular weight is 1420 g/mol. The van der Waals surface area contributed by atoms with Gasteiger partial charge in [-0.1, -0.05) is 194 Å². The van der Waals surface area contributed by atoms with Crippen LogP contribution in [0.4, 0.5) is 0 Å². The molecule has 6 aromatic carbocycles. The number of rotatable bonds is 21. The molecular formula is C86H99NO17. The van der Waals surface area contributed by atoms with E-state index in [0.717, 1.165) is 68.9 Å². The van der Waals surface area contributed by atoms with Gasteiger partial charge >= 0.3 is 29.8 Å². The summed E-state index contributed by atoms with van der Waals surface area (Å²) in [5.74, 6) is -3.60. The Labute approximate surface area is 610 Å². The molecular weight excluding hydrogens is 1320 g/mol. The molecule has 2 aliphatic heterocycles. The van der Waals surface area contributed by atoms with Crippen LogP contribution in [-0.4, -0.2) is 122 Å². The topological polar surface area (TPSA) is 227 Å². The molecule has 4 saturated carbocycles. The smallest absolute Gasteiger partial charge is 0.338 e. The second kappa shape index (κ2) is 30.6. The number of nitrogens with one attached hydrogen (secondary N) is 1. The zero-order valence-corrected chi connectivity index (χ0v) is 60.9. The summed E-state index contributed by atoms with van der Waals surface area (Å²) in [7, 11) is 0. The van der Waals surface area contributed by atoms with Crippen LogP contribution in [0.1, 0.15) is 172 Å². The number of amides is 1. The molecule has 18 nitrogen and oxygen atoms in total. The van der Waals surface area contributed by atoms with Crippen molar-refractivity contribution in [3.63, 3.8) is 0 Å². The van der Waals surface area contributed by atoms with Gasteiger partial charge in [0.2, 0.25) is 5.91 Å². The van der Waals surface area contributed by atoms with Gasteiger partial charge < -0.3 is 57.8 Å². The second-order valence-electron chi connectivity index (χ2n) is 32.0. The van der Waals surface area contributed by atoms with Crippen LogP contribution in [0.2, 0.25) is 0 Å². The highest BCUT2D eigenvalue weighted by molar-refractivity contribution is 5.92. The van der Waals surface area contributed by atoms with Crippen molar-refractivity contribution in [2.45, 2.75) is 200 Å². The molecule has 0 aromatic heterocycles. The second-order valence-corrected chi connectivity index (χ2v) is 32.0. The maximum absolute atomic E-state index is 14.8. The van der Waals surface area contributed by atoms with Gasteiger partial charge in [0, 0.05) is 6.92 Å². The molecule has 1 amide bonds. The fourth-order valence-corrected chi connectivity index (χ4v) is 19.2. The average Bonchev–Trinajstić information content (AvgIpc) is 0.675. The van der Waals surface area contributed by atoms with Gasteiger partial charge in [-0.2, -0.15) is 0 Å². The number of fused-ring (bicyclic) bond motifs is 7. The monoisotopic (exact) mass is 1420 g/mol. The van der Waals surface area contributed by atoms with E-state index in [-0.39, 0.29) is 87.5 Å². The minimum Gasteiger partial charge on any atom is -0.460 e. The molecule has 2 saturated heterocycles. The van der Waals surface area contributed by atoms with E-state index < -0.39 is 115 Å². The number of carbonyl (C=O) groups is 6. The van der Waals surface area contributed by atoms with Crippen molar-refractivity contribution in [3.8, 4) is 0 Å². The van der Waals surface area contributed by atoms with Gasteiger partial charge in [0.25, 0.3) is 0 Å². The van der Waals surface area contributed by atoms with Crippen molar-refractivity contribution < 1.29 is 81.2 Å². The summed E-state index contributed by atoms with van der Waals surface area (Å²) in [6.45, 7) is 17.7. The Kier molecular flexibility index (Phi) is 21.8. The molecule has 5 aliphatic carbocycles. The lowest BCUT2D eigenvalue weighted by atomic mass is 9.33. The third-order valence-electron chi connectivity index (χ3n) is 25.0. The highest BCUT2D eigenvalue weighted by Gasteiger charge is 2.70. The predicted molar refractivity (Wildman–Crippen MR) is 386 cm³/mol. The lowest BCUT2D eigenvalue weighted by Crippen LogP contribution is -2.70. The number of hydrogen-bond donors (Lipinski definition) is 2. The molecule has 2 heterocycles. The Balaban J connectivity index is 0.842.